The molecule has 0 bridgehead atoms. The molecule has 6 nitrogen and oxygen atoms in total. The first-order valence-corrected chi connectivity index (χ1v) is 7.36. The Morgan fingerprint density at radius 3 is 2.58 bits per heavy atom. The first-order chi connectivity index (χ1) is 11.6. The zero-order valence-electron chi connectivity index (χ0n) is 13.0. The minimum absolute atomic E-state index is 0.239. The van der Waals surface area contributed by atoms with Crippen LogP contribution in [0.5, 0.6) is 5.75 Å². The van der Waals surface area contributed by atoms with Crippen molar-refractivity contribution in [2.75, 3.05) is 23.9 Å². The second kappa shape index (κ2) is 6.57. The molecule has 1 aliphatic rings. The lowest BCUT2D eigenvalue weighted by Crippen LogP contribution is -2.64. The lowest BCUT2D eigenvalue weighted by atomic mass is 10.1. The van der Waals surface area contributed by atoms with Gasteiger partial charge in [0.15, 0.2) is 0 Å². The average molecular weight is 329 g/mol. The highest BCUT2D eigenvalue weighted by atomic mass is 19.1. The Kier molecular flexibility index (Phi) is 4.33. The van der Waals surface area contributed by atoms with Gasteiger partial charge in [-0.15, -0.1) is 0 Å². The number of amides is 3. The number of hydrogen-bond acceptors (Lipinski definition) is 3. The van der Waals surface area contributed by atoms with Crippen molar-refractivity contribution in [1.29, 1.82) is 0 Å². The highest BCUT2D eigenvalue weighted by Gasteiger charge is 2.38. The molecule has 0 aliphatic carbocycles. The molecule has 1 aliphatic heterocycles. The van der Waals surface area contributed by atoms with Crippen LogP contribution in [0, 0.1) is 5.82 Å². The van der Waals surface area contributed by atoms with E-state index in [-0.39, 0.29) is 11.7 Å². The van der Waals surface area contributed by atoms with Gasteiger partial charge in [0, 0.05) is 5.69 Å². The number of anilines is 2. The Bertz CT molecular complexity index is 764. The number of β-lactam (4-membered cyclic amide) rings is 1. The molecular weight excluding hydrogens is 313 g/mol. The molecule has 1 fully saturated rings. The van der Waals surface area contributed by atoms with Crippen LogP contribution in [0.4, 0.5) is 20.6 Å². The molecule has 0 saturated carbocycles. The fraction of sp³-hybridized carbons (Fsp3) is 0.176. The van der Waals surface area contributed by atoms with E-state index in [1.165, 1.54) is 36.3 Å². The summed E-state index contributed by atoms with van der Waals surface area (Å²) in [5.74, 6) is -0.0742. The molecule has 1 heterocycles. The van der Waals surface area contributed by atoms with Gasteiger partial charge in [-0.25, -0.2) is 9.18 Å². The third-order valence-electron chi connectivity index (χ3n) is 3.73. The Morgan fingerprint density at radius 1 is 1.21 bits per heavy atom. The van der Waals surface area contributed by atoms with E-state index in [0.29, 0.717) is 23.7 Å². The molecule has 7 heteroatoms. The Labute approximate surface area is 138 Å². The van der Waals surface area contributed by atoms with Crippen LogP contribution < -0.4 is 20.3 Å². The van der Waals surface area contributed by atoms with E-state index in [4.69, 9.17) is 4.74 Å². The number of methoxy groups -OCH3 is 1. The van der Waals surface area contributed by atoms with Crippen molar-refractivity contribution in [2.45, 2.75) is 6.04 Å². The van der Waals surface area contributed by atoms with Gasteiger partial charge in [-0.1, -0.05) is 12.1 Å². The molecule has 0 radical (unpaired) electrons. The lowest BCUT2D eigenvalue weighted by molar-refractivity contribution is -0.124. The molecule has 1 saturated heterocycles. The van der Waals surface area contributed by atoms with Crippen molar-refractivity contribution in [1.82, 2.24) is 5.32 Å². The summed E-state index contributed by atoms with van der Waals surface area (Å²) in [4.78, 5) is 25.6. The van der Waals surface area contributed by atoms with Crippen molar-refractivity contribution < 1.29 is 18.7 Å². The van der Waals surface area contributed by atoms with Gasteiger partial charge in [-0.2, -0.15) is 0 Å². The maximum atomic E-state index is 12.9. The molecule has 0 aromatic heterocycles. The van der Waals surface area contributed by atoms with E-state index in [1.54, 1.807) is 24.3 Å². The highest BCUT2D eigenvalue weighted by molar-refractivity contribution is 6.06. The predicted molar refractivity (Wildman–Crippen MR) is 87.7 cm³/mol. The van der Waals surface area contributed by atoms with Crippen LogP contribution in [-0.4, -0.2) is 31.6 Å². The highest BCUT2D eigenvalue weighted by Crippen LogP contribution is 2.24. The van der Waals surface area contributed by atoms with E-state index < -0.39 is 12.1 Å². The van der Waals surface area contributed by atoms with E-state index in [0.717, 1.165) is 0 Å². The van der Waals surface area contributed by atoms with Crippen LogP contribution in [0.25, 0.3) is 0 Å². The first-order valence-electron chi connectivity index (χ1n) is 7.36. The number of benzene rings is 2. The third-order valence-corrected chi connectivity index (χ3v) is 3.73. The molecular formula is C17H16FN3O3. The zero-order chi connectivity index (χ0) is 17.1. The SMILES string of the molecule is COc1ccccc1NC(=O)N[C@@H]1CN(c2ccc(F)cc2)C1=O. The number of ether oxygens (including phenoxy) is 1. The van der Waals surface area contributed by atoms with Crippen LogP contribution in [0.15, 0.2) is 48.5 Å². The summed E-state index contributed by atoms with van der Waals surface area (Å²) in [6.07, 6.45) is 0. The second-order valence-corrected chi connectivity index (χ2v) is 5.28. The molecule has 2 aromatic rings. The first kappa shape index (κ1) is 15.8. The lowest BCUT2D eigenvalue weighted by Gasteiger charge is -2.38. The smallest absolute Gasteiger partial charge is 0.320 e. The summed E-state index contributed by atoms with van der Waals surface area (Å²) in [5.41, 5.74) is 1.12. The maximum absolute atomic E-state index is 12.9. The van der Waals surface area contributed by atoms with Gasteiger partial charge < -0.3 is 20.3 Å². The summed E-state index contributed by atoms with van der Waals surface area (Å²) in [7, 11) is 1.51. The van der Waals surface area contributed by atoms with E-state index in [9.17, 15) is 14.0 Å². The molecule has 3 rings (SSSR count). The van der Waals surface area contributed by atoms with Gasteiger partial charge >= 0.3 is 6.03 Å². The molecule has 0 unspecified atom stereocenters. The number of urea groups is 1. The number of carbonyl (C=O) groups excluding carboxylic acids is 2. The normalized spacial score (nSPS) is 16.3. The van der Waals surface area contributed by atoms with Crippen LogP contribution in [-0.2, 0) is 4.79 Å². The molecule has 3 amide bonds. The Morgan fingerprint density at radius 2 is 1.92 bits per heavy atom. The number of carbonyl (C=O) groups is 2. The van der Waals surface area contributed by atoms with Crippen molar-refractivity contribution in [3.63, 3.8) is 0 Å². The van der Waals surface area contributed by atoms with Crippen LogP contribution in [0.1, 0.15) is 0 Å². The third kappa shape index (κ3) is 3.15. The van der Waals surface area contributed by atoms with Crippen molar-refractivity contribution in [3.8, 4) is 5.75 Å². The molecule has 2 N–H and O–H groups in total. The standard InChI is InChI=1S/C17H16FN3O3/c1-24-15-5-3-2-4-13(15)19-17(23)20-14-10-21(16(14)22)12-8-6-11(18)7-9-12/h2-9,14H,10H2,1H3,(H2,19,20,23)/t14-/m1/s1. The number of hydrogen-bond donors (Lipinski definition) is 2. The van der Waals surface area contributed by atoms with E-state index in [2.05, 4.69) is 10.6 Å². The Hall–Kier alpha value is -3.09. The predicted octanol–water partition coefficient (Wildman–Crippen LogP) is 2.37. The van der Waals surface area contributed by atoms with Gasteiger partial charge in [-0.05, 0) is 36.4 Å². The van der Waals surface area contributed by atoms with Crippen molar-refractivity contribution in [2.24, 2.45) is 0 Å². The minimum atomic E-state index is -0.607. The summed E-state index contributed by atoms with van der Waals surface area (Å²) in [6, 6.07) is 11.5. The average Bonchev–Trinajstić information content (AvgIpc) is 2.59. The van der Waals surface area contributed by atoms with Gasteiger partial charge in [0.2, 0.25) is 0 Å². The number of nitrogens with one attached hydrogen (secondary N) is 2. The molecule has 124 valence electrons. The van der Waals surface area contributed by atoms with Gasteiger partial charge in [0.05, 0.1) is 19.3 Å². The van der Waals surface area contributed by atoms with Gasteiger partial charge in [0.1, 0.15) is 17.6 Å². The molecule has 0 spiro atoms. The van der Waals surface area contributed by atoms with Gasteiger partial charge in [0.25, 0.3) is 5.91 Å². The molecule has 2 aromatic carbocycles. The number of nitrogens with zero attached hydrogens (tertiary/aromatic N) is 1. The fourth-order valence-corrected chi connectivity index (χ4v) is 2.45. The van der Waals surface area contributed by atoms with E-state index in [1.807, 2.05) is 0 Å². The second-order valence-electron chi connectivity index (χ2n) is 5.28. The minimum Gasteiger partial charge on any atom is -0.495 e. The number of rotatable bonds is 4. The van der Waals surface area contributed by atoms with Crippen LogP contribution in [0.3, 0.4) is 0 Å². The fourth-order valence-electron chi connectivity index (χ4n) is 2.45. The summed E-state index contributed by atoms with van der Waals surface area (Å²) < 4.78 is 18.1. The van der Waals surface area contributed by atoms with Gasteiger partial charge in [-0.3, -0.25) is 4.79 Å². The Balaban J connectivity index is 1.57. The van der Waals surface area contributed by atoms with Crippen LogP contribution >= 0.6 is 0 Å². The number of halogens is 1. The summed E-state index contributed by atoms with van der Waals surface area (Å²) in [6.45, 7) is 0.337. The molecule has 1 atom stereocenters. The van der Waals surface area contributed by atoms with Crippen molar-refractivity contribution in [3.05, 3.63) is 54.3 Å². The zero-order valence-corrected chi connectivity index (χ0v) is 13.0. The quantitative estimate of drug-likeness (QED) is 0.846. The largest absolute Gasteiger partial charge is 0.495 e. The summed E-state index contributed by atoms with van der Waals surface area (Å²) in [5, 5.41) is 5.25. The number of para-hydroxylation sites is 2. The molecule has 24 heavy (non-hydrogen) atoms. The maximum Gasteiger partial charge on any atom is 0.320 e. The summed E-state index contributed by atoms with van der Waals surface area (Å²) >= 11 is 0. The topological polar surface area (TPSA) is 70.7 Å². The van der Waals surface area contributed by atoms with E-state index >= 15 is 0 Å². The van der Waals surface area contributed by atoms with Crippen molar-refractivity contribution >= 4 is 23.3 Å². The monoisotopic (exact) mass is 329 g/mol. The van der Waals surface area contributed by atoms with Crippen LogP contribution in [0.2, 0.25) is 0 Å².